The molecule has 0 amide bonds. The second kappa shape index (κ2) is 8.91. The Morgan fingerprint density at radius 2 is 1.86 bits per heavy atom. The smallest absolute Gasteiger partial charge is 0.178 e. The van der Waals surface area contributed by atoms with Crippen LogP contribution < -0.4 is 4.74 Å². The monoisotopic (exact) mass is 376 g/mol. The Kier molecular flexibility index (Phi) is 5.89. The average molecular weight is 376 g/mol. The van der Waals surface area contributed by atoms with E-state index in [1.165, 1.54) is 5.56 Å². The van der Waals surface area contributed by atoms with Crippen molar-refractivity contribution in [3.8, 4) is 17.3 Å². The molecule has 6 heteroatoms. The van der Waals surface area contributed by atoms with Crippen LogP contribution in [0.4, 0.5) is 0 Å². The summed E-state index contributed by atoms with van der Waals surface area (Å²) in [6, 6.07) is 13.9. The van der Waals surface area contributed by atoms with Gasteiger partial charge in [0.2, 0.25) is 0 Å². The van der Waals surface area contributed by atoms with E-state index in [1.54, 1.807) is 13.3 Å². The molecule has 3 aromatic rings. The maximum Gasteiger partial charge on any atom is 0.178 e. The van der Waals surface area contributed by atoms with Crippen LogP contribution >= 0.6 is 0 Å². The van der Waals surface area contributed by atoms with Gasteiger partial charge in [-0.3, -0.25) is 9.88 Å². The van der Waals surface area contributed by atoms with Crippen LogP contribution in [0, 0.1) is 0 Å². The van der Waals surface area contributed by atoms with Crippen molar-refractivity contribution in [3.63, 3.8) is 0 Å². The normalized spacial score (nSPS) is 17.4. The van der Waals surface area contributed by atoms with Crippen LogP contribution in [0.2, 0.25) is 0 Å². The number of benzene rings is 1. The predicted octanol–water partition coefficient (Wildman–Crippen LogP) is 2.99. The highest BCUT2D eigenvalue weighted by Crippen LogP contribution is 2.17. The van der Waals surface area contributed by atoms with Gasteiger partial charge >= 0.3 is 0 Å². The number of nitrogens with zero attached hydrogens (tertiary/aromatic N) is 4. The molecule has 0 aliphatic carbocycles. The Bertz CT molecular complexity index is 869. The van der Waals surface area contributed by atoms with E-state index in [9.17, 15) is 0 Å². The number of pyridine rings is 1. The molecule has 1 aromatic carbocycles. The van der Waals surface area contributed by atoms with Crippen molar-refractivity contribution in [2.45, 2.75) is 19.1 Å². The predicted molar refractivity (Wildman–Crippen MR) is 107 cm³/mol. The van der Waals surface area contributed by atoms with Crippen LogP contribution in [-0.4, -0.2) is 52.8 Å². The summed E-state index contributed by atoms with van der Waals surface area (Å²) >= 11 is 0. The van der Waals surface area contributed by atoms with Gasteiger partial charge in [0, 0.05) is 43.8 Å². The molecule has 1 fully saturated rings. The highest BCUT2D eigenvalue weighted by atomic mass is 16.5. The van der Waals surface area contributed by atoms with E-state index in [-0.39, 0.29) is 6.10 Å². The van der Waals surface area contributed by atoms with Gasteiger partial charge in [-0.2, -0.15) is 0 Å². The zero-order chi connectivity index (χ0) is 19.2. The molecule has 1 saturated heterocycles. The van der Waals surface area contributed by atoms with Crippen LogP contribution in [-0.2, 0) is 17.7 Å². The first-order valence-corrected chi connectivity index (χ1v) is 9.49. The largest absolute Gasteiger partial charge is 0.497 e. The molecule has 0 bridgehead atoms. The van der Waals surface area contributed by atoms with Crippen molar-refractivity contribution in [2.24, 2.45) is 0 Å². The highest BCUT2D eigenvalue weighted by molar-refractivity contribution is 5.47. The second-order valence-corrected chi connectivity index (χ2v) is 6.91. The lowest BCUT2D eigenvalue weighted by molar-refractivity contribution is -0.0305. The number of methoxy groups -OCH3 is 1. The zero-order valence-corrected chi connectivity index (χ0v) is 16.0. The third-order valence-electron chi connectivity index (χ3n) is 4.85. The molecule has 4 rings (SSSR count). The minimum Gasteiger partial charge on any atom is -0.497 e. The lowest BCUT2D eigenvalue weighted by atomic mass is 10.1. The highest BCUT2D eigenvalue weighted by Gasteiger charge is 2.21. The fourth-order valence-corrected chi connectivity index (χ4v) is 3.39. The number of hydrogen-bond donors (Lipinski definition) is 0. The lowest BCUT2D eigenvalue weighted by Crippen LogP contribution is -2.42. The van der Waals surface area contributed by atoms with Crippen molar-refractivity contribution in [3.05, 3.63) is 72.2 Å². The van der Waals surface area contributed by atoms with E-state index >= 15 is 0 Å². The van der Waals surface area contributed by atoms with Crippen molar-refractivity contribution in [2.75, 3.05) is 26.8 Å². The first-order valence-electron chi connectivity index (χ1n) is 9.49. The molecule has 0 radical (unpaired) electrons. The minimum absolute atomic E-state index is 0.191. The summed E-state index contributed by atoms with van der Waals surface area (Å²) in [4.78, 5) is 15.6. The number of rotatable bonds is 6. The quantitative estimate of drug-likeness (QED) is 0.659. The average Bonchev–Trinajstić information content (AvgIpc) is 2.76. The summed E-state index contributed by atoms with van der Waals surface area (Å²) < 4.78 is 11.2. The van der Waals surface area contributed by atoms with Gasteiger partial charge in [0.15, 0.2) is 5.82 Å². The Hall–Kier alpha value is -2.83. The van der Waals surface area contributed by atoms with Gasteiger partial charge in [-0.1, -0.05) is 18.2 Å². The van der Waals surface area contributed by atoms with Gasteiger partial charge in [-0.25, -0.2) is 9.97 Å². The summed E-state index contributed by atoms with van der Waals surface area (Å²) in [5.74, 6) is 1.53. The van der Waals surface area contributed by atoms with Crippen molar-refractivity contribution < 1.29 is 9.47 Å². The summed E-state index contributed by atoms with van der Waals surface area (Å²) in [5, 5.41) is 0. The van der Waals surface area contributed by atoms with Gasteiger partial charge < -0.3 is 9.47 Å². The van der Waals surface area contributed by atoms with Crippen LogP contribution in [0.3, 0.4) is 0 Å². The van der Waals surface area contributed by atoms with Gasteiger partial charge in [-0.05, 0) is 36.2 Å². The minimum atomic E-state index is 0.191. The molecule has 6 nitrogen and oxygen atoms in total. The zero-order valence-electron chi connectivity index (χ0n) is 16.0. The molecule has 0 saturated carbocycles. The molecule has 28 heavy (non-hydrogen) atoms. The maximum atomic E-state index is 5.97. The third kappa shape index (κ3) is 4.71. The summed E-state index contributed by atoms with van der Waals surface area (Å²) in [7, 11) is 1.68. The molecular weight excluding hydrogens is 352 g/mol. The molecule has 1 atom stereocenters. The van der Waals surface area contributed by atoms with Crippen LogP contribution in [0.1, 0.15) is 11.1 Å². The Morgan fingerprint density at radius 1 is 1.04 bits per heavy atom. The summed E-state index contributed by atoms with van der Waals surface area (Å²) in [5.41, 5.74) is 3.15. The molecule has 144 valence electrons. The fraction of sp³-hybridized carbons (Fsp3) is 0.318. The first-order chi connectivity index (χ1) is 13.8. The number of ether oxygens (including phenoxy) is 2. The van der Waals surface area contributed by atoms with Crippen LogP contribution in [0.25, 0.3) is 11.5 Å². The lowest BCUT2D eigenvalue weighted by Gasteiger charge is -2.33. The third-order valence-corrected chi connectivity index (χ3v) is 4.85. The van der Waals surface area contributed by atoms with Crippen LogP contribution in [0.5, 0.6) is 5.75 Å². The number of aromatic nitrogens is 3. The van der Waals surface area contributed by atoms with E-state index < -0.39 is 0 Å². The molecular formula is C22H24N4O2. The molecule has 1 aliphatic heterocycles. The molecule has 0 spiro atoms. The van der Waals surface area contributed by atoms with Crippen molar-refractivity contribution >= 4 is 0 Å². The second-order valence-electron chi connectivity index (χ2n) is 6.91. The Labute approximate surface area is 165 Å². The molecule has 1 aliphatic rings. The summed E-state index contributed by atoms with van der Waals surface area (Å²) in [6.45, 7) is 3.38. The van der Waals surface area contributed by atoms with Gasteiger partial charge in [-0.15, -0.1) is 0 Å². The summed E-state index contributed by atoms with van der Waals surface area (Å²) in [6.07, 6.45) is 6.63. The van der Waals surface area contributed by atoms with E-state index in [2.05, 4.69) is 32.0 Å². The molecule has 3 heterocycles. The van der Waals surface area contributed by atoms with Gasteiger partial charge in [0.1, 0.15) is 11.4 Å². The standard InChI is InChI=1S/C22H24N4O2/c1-27-19-7-5-17(6-8-19)12-20-16-26(10-11-28-20)15-18-13-24-22(25-14-18)21-4-2-3-9-23-21/h2-9,13-14,20H,10-12,15-16H2,1H3/t20-/m0/s1. The van der Waals surface area contributed by atoms with Crippen molar-refractivity contribution in [1.29, 1.82) is 0 Å². The van der Waals surface area contributed by atoms with E-state index in [1.807, 2.05) is 42.7 Å². The SMILES string of the molecule is COc1ccc(C[C@H]2CN(Cc3cnc(-c4ccccn4)nc3)CCO2)cc1. The number of hydrogen-bond acceptors (Lipinski definition) is 6. The Morgan fingerprint density at radius 3 is 2.57 bits per heavy atom. The number of morpholine rings is 1. The van der Waals surface area contributed by atoms with Gasteiger partial charge in [0.05, 0.1) is 19.8 Å². The van der Waals surface area contributed by atoms with Crippen molar-refractivity contribution in [1.82, 2.24) is 19.9 Å². The van der Waals surface area contributed by atoms with Crippen LogP contribution in [0.15, 0.2) is 61.1 Å². The molecule has 2 aromatic heterocycles. The molecule has 0 unspecified atom stereocenters. The topological polar surface area (TPSA) is 60.4 Å². The first kappa shape index (κ1) is 18.5. The maximum absolute atomic E-state index is 5.97. The van der Waals surface area contributed by atoms with E-state index in [0.29, 0.717) is 5.82 Å². The van der Waals surface area contributed by atoms with Gasteiger partial charge in [0.25, 0.3) is 0 Å². The Balaban J connectivity index is 1.34. The van der Waals surface area contributed by atoms with E-state index in [4.69, 9.17) is 9.47 Å². The van der Waals surface area contributed by atoms with E-state index in [0.717, 1.165) is 49.7 Å². The molecule has 0 N–H and O–H groups in total. The fourth-order valence-electron chi connectivity index (χ4n) is 3.39.